The molecule has 1 aromatic carbocycles. The van der Waals surface area contributed by atoms with Gasteiger partial charge in [0.05, 0.1) is 15.6 Å². The van der Waals surface area contributed by atoms with Crippen LogP contribution in [-0.4, -0.2) is 10.8 Å². The van der Waals surface area contributed by atoms with E-state index in [1.165, 1.54) is 18.2 Å². The molecule has 0 unspecified atom stereocenters. The number of unbranched alkanes of at least 4 members (excludes halogenated alkanes) is 3. The molecule has 0 radical (unpaired) electrons. The summed E-state index contributed by atoms with van der Waals surface area (Å²) in [7, 11) is 0. The third-order valence-corrected chi connectivity index (χ3v) is 3.01. The van der Waals surface area contributed by atoms with Crippen LogP contribution >= 0.6 is 11.6 Å². The standard InChI is InChI=1S/C13H17ClN2O3/c1-2-3-4-5-6-13(17)15-12-8-7-10(16(18)19)9-11(12)14/h7-9H,2-6H2,1H3,(H,15,17). The number of nitro benzene ring substituents is 1. The predicted molar refractivity (Wildman–Crippen MR) is 75.5 cm³/mol. The van der Waals surface area contributed by atoms with E-state index in [-0.39, 0.29) is 16.6 Å². The molecule has 0 aliphatic rings. The van der Waals surface area contributed by atoms with E-state index in [0.29, 0.717) is 12.1 Å². The normalized spacial score (nSPS) is 10.2. The van der Waals surface area contributed by atoms with Crippen LogP contribution in [0.1, 0.15) is 39.0 Å². The maximum absolute atomic E-state index is 11.6. The molecule has 5 nitrogen and oxygen atoms in total. The molecule has 0 heterocycles. The Morgan fingerprint density at radius 3 is 2.68 bits per heavy atom. The Kier molecular flexibility index (Phi) is 6.29. The van der Waals surface area contributed by atoms with Crippen LogP contribution in [0.25, 0.3) is 0 Å². The molecule has 0 aromatic heterocycles. The first kappa shape index (κ1) is 15.4. The van der Waals surface area contributed by atoms with Crippen molar-refractivity contribution >= 4 is 28.9 Å². The Balaban J connectivity index is 2.52. The molecule has 0 saturated carbocycles. The summed E-state index contributed by atoms with van der Waals surface area (Å²) in [4.78, 5) is 21.7. The van der Waals surface area contributed by atoms with Crippen molar-refractivity contribution in [2.45, 2.75) is 39.0 Å². The quantitative estimate of drug-likeness (QED) is 0.464. The lowest BCUT2D eigenvalue weighted by atomic mass is 10.1. The summed E-state index contributed by atoms with van der Waals surface area (Å²) in [5.74, 6) is -0.119. The highest BCUT2D eigenvalue weighted by Gasteiger charge is 2.11. The van der Waals surface area contributed by atoms with E-state index >= 15 is 0 Å². The molecular weight excluding hydrogens is 268 g/mol. The van der Waals surface area contributed by atoms with Gasteiger partial charge in [-0.2, -0.15) is 0 Å². The first-order valence-corrected chi connectivity index (χ1v) is 6.66. The highest BCUT2D eigenvalue weighted by Crippen LogP contribution is 2.26. The zero-order chi connectivity index (χ0) is 14.3. The van der Waals surface area contributed by atoms with Crippen molar-refractivity contribution in [3.63, 3.8) is 0 Å². The molecule has 0 spiro atoms. The lowest BCUT2D eigenvalue weighted by molar-refractivity contribution is -0.384. The van der Waals surface area contributed by atoms with Gasteiger partial charge in [0.15, 0.2) is 0 Å². The number of benzene rings is 1. The second-order valence-corrected chi connectivity index (χ2v) is 4.69. The van der Waals surface area contributed by atoms with Crippen molar-refractivity contribution in [2.24, 2.45) is 0 Å². The number of non-ortho nitro benzene ring substituents is 1. The molecule has 0 bridgehead atoms. The Morgan fingerprint density at radius 2 is 2.11 bits per heavy atom. The number of carbonyl (C=O) groups excluding carboxylic acids is 1. The SMILES string of the molecule is CCCCCCC(=O)Nc1ccc([N+](=O)[O-])cc1Cl. The number of hydrogen-bond donors (Lipinski definition) is 1. The minimum Gasteiger partial charge on any atom is -0.325 e. The van der Waals surface area contributed by atoms with Crippen LogP contribution in [0.4, 0.5) is 11.4 Å². The summed E-state index contributed by atoms with van der Waals surface area (Å²) in [6, 6.07) is 4.00. The van der Waals surface area contributed by atoms with Crippen LogP contribution in [0.2, 0.25) is 5.02 Å². The van der Waals surface area contributed by atoms with Gasteiger partial charge in [0.25, 0.3) is 5.69 Å². The number of anilines is 1. The fourth-order valence-corrected chi connectivity index (χ4v) is 1.87. The summed E-state index contributed by atoms with van der Waals surface area (Å²) in [5.41, 5.74) is 0.318. The summed E-state index contributed by atoms with van der Waals surface area (Å²) >= 11 is 5.88. The highest BCUT2D eigenvalue weighted by atomic mass is 35.5. The number of nitrogens with zero attached hydrogens (tertiary/aromatic N) is 1. The fourth-order valence-electron chi connectivity index (χ4n) is 1.64. The molecule has 19 heavy (non-hydrogen) atoms. The predicted octanol–water partition coefficient (Wildman–Crippen LogP) is 4.16. The van der Waals surface area contributed by atoms with Crippen molar-refractivity contribution < 1.29 is 9.72 Å². The fraction of sp³-hybridized carbons (Fsp3) is 0.462. The number of rotatable bonds is 7. The van der Waals surface area contributed by atoms with Gasteiger partial charge in [0.1, 0.15) is 0 Å². The zero-order valence-corrected chi connectivity index (χ0v) is 11.6. The maximum atomic E-state index is 11.6. The van der Waals surface area contributed by atoms with Crippen LogP contribution in [0.15, 0.2) is 18.2 Å². The van der Waals surface area contributed by atoms with Crippen molar-refractivity contribution in [3.05, 3.63) is 33.3 Å². The molecule has 6 heteroatoms. The van der Waals surface area contributed by atoms with Crippen LogP contribution in [0, 0.1) is 10.1 Å². The number of nitrogens with one attached hydrogen (secondary N) is 1. The lowest BCUT2D eigenvalue weighted by Gasteiger charge is -2.06. The monoisotopic (exact) mass is 284 g/mol. The van der Waals surface area contributed by atoms with Crippen molar-refractivity contribution in [2.75, 3.05) is 5.32 Å². The molecule has 1 aromatic rings. The first-order valence-electron chi connectivity index (χ1n) is 6.28. The van der Waals surface area contributed by atoms with E-state index < -0.39 is 4.92 Å². The Labute approximate surface area is 117 Å². The van der Waals surface area contributed by atoms with E-state index in [1.807, 2.05) is 0 Å². The summed E-state index contributed by atoms with van der Waals surface area (Å²) < 4.78 is 0. The molecular formula is C13H17ClN2O3. The van der Waals surface area contributed by atoms with E-state index in [0.717, 1.165) is 25.7 Å². The van der Waals surface area contributed by atoms with Gasteiger partial charge in [-0.05, 0) is 12.5 Å². The Bertz CT molecular complexity index is 463. The van der Waals surface area contributed by atoms with Gasteiger partial charge in [-0.1, -0.05) is 37.8 Å². The Morgan fingerprint density at radius 1 is 1.37 bits per heavy atom. The van der Waals surface area contributed by atoms with Crippen LogP contribution in [0.3, 0.4) is 0 Å². The number of halogens is 1. The van der Waals surface area contributed by atoms with E-state index in [9.17, 15) is 14.9 Å². The number of hydrogen-bond acceptors (Lipinski definition) is 3. The molecule has 0 aliphatic heterocycles. The van der Waals surface area contributed by atoms with Gasteiger partial charge in [-0.15, -0.1) is 0 Å². The highest BCUT2D eigenvalue weighted by molar-refractivity contribution is 6.33. The Hall–Kier alpha value is -1.62. The van der Waals surface area contributed by atoms with E-state index in [4.69, 9.17) is 11.6 Å². The van der Waals surface area contributed by atoms with Gasteiger partial charge in [0.2, 0.25) is 5.91 Å². The van der Waals surface area contributed by atoms with Gasteiger partial charge in [-0.25, -0.2) is 0 Å². The third kappa shape index (κ3) is 5.26. The zero-order valence-electron chi connectivity index (χ0n) is 10.8. The van der Waals surface area contributed by atoms with E-state index in [1.54, 1.807) is 0 Å². The first-order chi connectivity index (χ1) is 9.04. The average molecular weight is 285 g/mol. The van der Waals surface area contributed by atoms with Crippen LogP contribution < -0.4 is 5.32 Å². The smallest absolute Gasteiger partial charge is 0.271 e. The van der Waals surface area contributed by atoms with Gasteiger partial charge >= 0.3 is 0 Å². The molecule has 1 rings (SSSR count). The minimum atomic E-state index is -0.526. The van der Waals surface area contributed by atoms with Gasteiger partial charge < -0.3 is 5.32 Å². The van der Waals surface area contributed by atoms with Gasteiger partial charge in [-0.3, -0.25) is 14.9 Å². The topological polar surface area (TPSA) is 72.2 Å². The average Bonchev–Trinajstić information content (AvgIpc) is 2.37. The molecule has 0 fully saturated rings. The molecule has 0 aliphatic carbocycles. The maximum Gasteiger partial charge on any atom is 0.271 e. The summed E-state index contributed by atoms with van der Waals surface area (Å²) in [6.07, 6.45) is 4.54. The number of nitro groups is 1. The second-order valence-electron chi connectivity index (χ2n) is 4.28. The second kappa shape index (κ2) is 7.74. The molecule has 0 atom stereocenters. The third-order valence-electron chi connectivity index (χ3n) is 2.69. The van der Waals surface area contributed by atoms with Crippen molar-refractivity contribution in [1.29, 1.82) is 0 Å². The van der Waals surface area contributed by atoms with Crippen LogP contribution in [-0.2, 0) is 4.79 Å². The van der Waals surface area contributed by atoms with Crippen molar-refractivity contribution in [3.8, 4) is 0 Å². The molecule has 0 saturated heterocycles. The molecule has 1 amide bonds. The largest absolute Gasteiger partial charge is 0.325 e. The molecule has 1 N–H and O–H groups in total. The van der Waals surface area contributed by atoms with Crippen molar-refractivity contribution in [1.82, 2.24) is 0 Å². The molecule has 104 valence electrons. The van der Waals surface area contributed by atoms with Gasteiger partial charge in [0, 0.05) is 18.6 Å². The summed E-state index contributed by atoms with van der Waals surface area (Å²) in [5, 5.41) is 13.4. The summed E-state index contributed by atoms with van der Waals surface area (Å²) in [6.45, 7) is 2.11. The van der Waals surface area contributed by atoms with Crippen LogP contribution in [0.5, 0.6) is 0 Å². The number of carbonyl (C=O) groups is 1. The number of amides is 1. The lowest BCUT2D eigenvalue weighted by Crippen LogP contribution is -2.11. The van der Waals surface area contributed by atoms with E-state index in [2.05, 4.69) is 12.2 Å². The minimum absolute atomic E-state index is 0.0917.